The number of benzene rings is 2. The van der Waals surface area contributed by atoms with E-state index in [-0.39, 0.29) is 13.2 Å². The van der Waals surface area contributed by atoms with Gasteiger partial charge in [0.25, 0.3) is 5.91 Å². The molecule has 0 fully saturated rings. The summed E-state index contributed by atoms with van der Waals surface area (Å²) >= 11 is 0. The van der Waals surface area contributed by atoms with Gasteiger partial charge in [-0.15, -0.1) is 0 Å². The van der Waals surface area contributed by atoms with Crippen molar-refractivity contribution in [3.63, 3.8) is 0 Å². The summed E-state index contributed by atoms with van der Waals surface area (Å²) in [5, 5.41) is 12.9. The van der Waals surface area contributed by atoms with Crippen LogP contribution in [0.4, 0.5) is 13.2 Å². The number of fused-ring (bicyclic) bond motifs is 1. The molecule has 4 nitrogen and oxygen atoms in total. The largest absolute Gasteiger partial charge is 0.416 e. The summed E-state index contributed by atoms with van der Waals surface area (Å²) in [5.74, 6) is -0.419. The predicted molar refractivity (Wildman–Crippen MR) is 83.8 cm³/mol. The highest BCUT2D eigenvalue weighted by Gasteiger charge is 2.34. The Bertz CT molecular complexity index is 762. The Morgan fingerprint density at radius 1 is 1.16 bits per heavy atom. The number of carbonyl (C=O) groups excluding carboxylic acids is 1. The van der Waals surface area contributed by atoms with Gasteiger partial charge in [-0.05, 0) is 35.4 Å². The van der Waals surface area contributed by atoms with E-state index in [9.17, 15) is 23.1 Å². The normalized spacial score (nSPS) is 20.5. The molecule has 0 unspecified atom stereocenters. The maximum Gasteiger partial charge on any atom is 0.416 e. The second kappa shape index (κ2) is 6.85. The molecule has 3 rings (SSSR count). The van der Waals surface area contributed by atoms with Gasteiger partial charge in [-0.25, -0.2) is 0 Å². The topological polar surface area (TPSA) is 58.6 Å². The van der Waals surface area contributed by atoms with E-state index in [0.717, 1.165) is 12.1 Å². The van der Waals surface area contributed by atoms with E-state index in [1.807, 2.05) is 0 Å². The highest BCUT2D eigenvalue weighted by Crippen LogP contribution is 2.34. The number of hydrogen-bond acceptors (Lipinski definition) is 3. The van der Waals surface area contributed by atoms with E-state index in [4.69, 9.17) is 4.74 Å². The summed E-state index contributed by atoms with van der Waals surface area (Å²) in [6.07, 6.45) is -5.53. The lowest BCUT2D eigenvalue weighted by molar-refractivity contribution is -0.137. The van der Waals surface area contributed by atoms with Crippen molar-refractivity contribution in [1.29, 1.82) is 0 Å². The summed E-state index contributed by atoms with van der Waals surface area (Å²) < 4.78 is 44.0. The number of aliphatic hydroxyl groups excluding tert-OH is 1. The molecule has 2 atom stereocenters. The van der Waals surface area contributed by atoms with Crippen LogP contribution in [0.1, 0.15) is 33.1 Å². The first-order valence-corrected chi connectivity index (χ1v) is 7.68. The number of rotatable bonds is 2. The number of alkyl halides is 3. The lowest BCUT2D eigenvalue weighted by Crippen LogP contribution is -2.37. The molecule has 0 radical (unpaired) electrons. The lowest BCUT2D eigenvalue weighted by atomic mass is 9.95. The van der Waals surface area contributed by atoms with E-state index >= 15 is 0 Å². The van der Waals surface area contributed by atoms with Gasteiger partial charge in [0.1, 0.15) is 6.10 Å². The second-order valence-corrected chi connectivity index (χ2v) is 5.81. The molecule has 2 aromatic carbocycles. The van der Waals surface area contributed by atoms with Crippen molar-refractivity contribution in [2.75, 3.05) is 6.61 Å². The van der Waals surface area contributed by atoms with Crippen LogP contribution in [0.15, 0.2) is 48.5 Å². The van der Waals surface area contributed by atoms with Crippen LogP contribution < -0.4 is 5.32 Å². The highest BCUT2D eigenvalue weighted by atomic mass is 19.4. The number of hydrogen-bond donors (Lipinski definition) is 2. The molecule has 0 aromatic heterocycles. The Morgan fingerprint density at radius 3 is 2.56 bits per heavy atom. The zero-order valence-electron chi connectivity index (χ0n) is 13.1. The van der Waals surface area contributed by atoms with Crippen LogP contribution in [-0.4, -0.2) is 23.7 Å². The maximum absolute atomic E-state index is 12.9. The monoisotopic (exact) mass is 351 g/mol. The quantitative estimate of drug-likeness (QED) is 0.874. The fourth-order valence-electron chi connectivity index (χ4n) is 2.79. The number of amides is 1. The van der Waals surface area contributed by atoms with Crippen LogP contribution in [0.3, 0.4) is 0 Å². The number of aliphatic hydroxyl groups is 1. The molecule has 0 saturated heterocycles. The molecule has 132 valence electrons. The number of carbonyl (C=O) groups is 1. The van der Waals surface area contributed by atoms with Gasteiger partial charge in [-0.3, -0.25) is 4.79 Å². The minimum absolute atomic E-state index is 0.0615. The third-order valence-electron chi connectivity index (χ3n) is 4.06. The van der Waals surface area contributed by atoms with E-state index in [2.05, 4.69) is 5.32 Å². The summed E-state index contributed by atoms with van der Waals surface area (Å²) in [7, 11) is 0. The minimum atomic E-state index is -4.47. The van der Waals surface area contributed by atoms with Crippen molar-refractivity contribution in [1.82, 2.24) is 5.32 Å². The molecule has 0 spiro atoms. The highest BCUT2D eigenvalue weighted by molar-refractivity contribution is 5.94. The van der Waals surface area contributed by atoms with Crippen LogP contribution >= 0.6 is 0 Å². The number of halogens is 3. The molecular weight excluding hydrogens is 335 g/mol. The molecule has 2 aromatic rings. The Hall–Kier alpha value is -2.38. The fourth-order valence-corrected chi connectivity index (χ4v) is 2.79. The van der Waals surface area contributed by atoms with Crippen LogP contribution in [0.25, 0.3) is 0 Å². The Balaban J connectivity index is 1.92. The van der Waals surface area contributed by atoms with Crippen molar-refractivity contribution in [3.8, 4) is 0 Å². The zero-order valence-corrected chi connectivity index (χ0v) is 13.1. The average Bonchev–Trinajstić information content (AvgIpc) is 2.74. The second-order valence-electron chi connectivity index (χ2n) is 5.81. The summed E-state index contributed by atoms with van der Waals surface area (Å²) in [6.45, 7) is -0.149. The molecular formula is C18H16F3NO3. The van der Waals surface area contributed by atoms with Gasteiger partial charge in [0.2, 0.25) is 0 Å². The van der Waals surface area contributed by atoms with Crippen molar-refractivity contribution >= 4 is 5.91 Å². The van der Waals surface area contributed by atoms with E-state index in [1.54, 1.807) is 30.3 Å². The minimum Gasteiger partial charge on any atom is -0.388 e. The molecule has 1 aliphatic heterocycles. The van der Waals surface area contributed by atoms with Gasteiger partial charge in [0, 0.05) is 5.56 Å². The zero-order chi connectivity index (χ0) is 18.0. The standard InChI is InChI=1S/C18H16F3NO3/c19-18(20,21)13-6-7-14-12(8-13)9-25-10-15(23)16(14)22-17(24)11-4-2-1-3-5-11/h1-8,15-16,23H,9-10H2,(H,22,24)/t15-,16-/m1/s1. The molecule has 1 aliphatic rings. The Morgan fingerprint density at radius 2 is 1.88 bits per heavy atom. The van der Waals surface area contributed by atoms with Crippen LogP contribution in [0.5, 0.6) is 0 Å². The first-order valence-electron chi connectivity index (χ1n) is 7.68. The first kappa shape index (κ1) is 17.4. The molecule has 0 aliphatic carbocycles. The predicted octanol–water partition coefficient (Wildman–Crippen LogP) is 3.07. The van der Waals surface area contributed by atoms with Crippen LogP contribution in [0, 0.1) is 0 Å². The lowest BCUT2D eigenvalue weighted by Gasteiger charge is -2.23. The van der Waals surface area contributed by atoms with Gasteiger partial charge < -0.3 is 15.2 Å². The molecule has 25 heavy (non-hydrogen) atoms. The maximum atomic E-state index is 12.9. The van der Waals surface area contributed by atoms with Crippen molar-refractivity contribution in [2.24, 2.45) is 0 Å². The van der Waals surface area contributed by atoms with E-state index in [0.29, 0.717) is 16.7 Å². The molecule has 7 heteroatoms. The molecule has 0 bridgehead atoms. The molecule has 1 amide bonds. The van der Waals surface area contributed by atoms with Gasteiger partial charge in [0.15, 0.2) is 0 Å². The molecule has 1 heterocycles. The SMILES string of the molecule is O=C(N[C@@H]1c2ccc(C(F)(F)F)cc2COC[C@H]1O)c1ccccc1. The van der Waals surface area contributed by atoms with Crippen LogP contribution in [-0.2, 0) is 17.5 Å². The van der Waals surface area contributed by atoms with Gasteiger partial charge in [-0.1, -0.05) is 24.3 Å². The molecule has 0 saturated carbocycles. The third kappa shape index (κ3) is 3.83. The van der Waals surface area contributed by atoms with Crippen molar-refractivity contribution in [2.45, 2.75) is 24.9 Å². The Labute approximate surface area is 142 Å². The third-order valence-corrected chi connectivity index (χ3v) is 4.06. The summed E-state index contributed by atoms with van der Waals surface area (Å²) in [6, 6.07) is 10.8. The van der Waals surface area contributed by atoms with Gasteiger partial charge in [0.05, 0.1) is 24.8 Å². The fraction of sp³-hybridized carbons (Fsp3) is 0.278. The van der Waals surface area contributed by atoms with Gasteiger partial charge in [-0.2, -0.15) is 13.2 Å². The first-order chi connectivity index (χ1) is 11.9. The molecule has 2 N–H and O–H groups in total. The van der Waals surface area contributed by atoms with Crippen LogP contribution in [0.2, 0.25) is 0 Å². The summed E-state index contributed by atoms with van der Waals surface area (Å²) in [4.78, 5) is 12.4. The van der Waals surface area contributed by atoms with E-state index in [1.165, 1.54) is 6.07 Å². The number of ether oxygens (including phenoxy) is 1. The van der Waals surface area contributed by atoms with Crippen molar-refractivity contribution in [3.05, 3.63) is 70.8 Å². The van der Waals surface area contributed by atoms with E-state index < -0.39 is 29.8 Å². The Kier molecular flexibility index (Phi) is 4.78. The van der Waals surface area contributed by atoms with Gasteiger partial charge >= 0.3 is 6.18 Å². The summed E-state index contributed by atoms with van der Waals surface area (Å²) in [5.41, 5.74) is 0.319. The smallest absolute Gasteiger partial charge is 0.388 e. The number of nitrogens with one attached hydrogen (secondary N) is 1. The van der Waals surface area contributed by atoms with Crippen molar-refractivity contribution < 1.29 is 27.8 Å². The average molecular weight is 351 g/mol.